The smallest absolute Gasteiger partial charge is 0.0827 e. The average Bonchev–Trinajstić information content (AvgIpc) is 2.43. The van der Waals surface area contributed by atoms with Crippen LogP contribution in [0, 0.1) is 11.3 Å². The van der Waals surface area contributed by atoms with Crippen molar-refractivity contribution in [2.45, 2.75) is 45.5 Å². The second kappa shape index (κ2) is 6.04. The van der Waals surface area contributed by atoms with E-state index < -0.39 is 6.10 Å². The lowest BCUT2D eigenvalue weighted by molar-refractivity contribution is -0.148. The van der Waals surface area contributed by atoms with Crippen molar-refractivity contribution in [1.29, 1.82) is 0 Å². The van der Waals surface area contributed by atoms with Gasteiger partial charge in [-0.25, -0.2) is 0 Å². The third-order valence-electron chi connectivity index (χ3n) is 4.70. The van der Waals surface area contributed by atoms with E-state index in [4.69, 9.17) is 9.84 Å². The predicted octanol–water partition coefficient (Wildman–Crippen LogP) is 2.36. The summed E-state index contributed by atoms with van der Waals surface area (Å²) in [4.78, 5) is 0. The van der Waals surface area contributed by atoms with Crippen LogP contribution in [0.4, 0.5) is 0 Å². The summed E-state index contributed by atoms with van der Waals surface area (Å²) in [7, 11) is 0. The second-order valence-electron chi connectivity index (χ2n) is 5.85. The van der Waals surface area contributed by atoms with Crippen molar-refractivity contribution in [2.75, 3.05) is 6.61 Å². The minimum Gasteiger partial charge on any atom is -0.394 e. The largest absolute Gasteiger partial charge is 0.394 e. The van der Waals surface area contributed by atoms with Crippen LogP contribution in [0.25, 0.3) is 0 Å². The van der Waals surface area contributed by atoms with Crippen LogP contribution in [0.1, 0.15) is 32.3 Å². The van der Waals surface area contributed by atoms with E-state index in [0.29, 0.717) is 12.5 Å². The minimum absolute atomic E-state index is 0.0974. The van der Waals surface area contributed by atoms with E-state index in [0.717, 1.165) is 18.4 Å². The van der Waals surface area contributed by atoms with Gasteiger partial charge in [-0.1, -0.05) is 37.3 Å². The summed E-state index contributed by atoms with van der Waals surface area (Å²) in [6, 6.07) is 10.1. The standard InChI is InChI=1S/C16H24O3/c1-12(19-11-13-6-4-3-5-7-13)14-8-9-16(14,2)15(18)10-17/h3-7,12,14-15,17-18H,8-11H2,1-2H3/t12-,14-,15-,16+/m1/s1. The van der Waals surface area contributed by atoms with Crippen LogP contribution in [0.3, 0.4) is 0 Å². The molecule has 1 saturated carbocycles. The first-order chi connectivity index (χ1) is 9.08. The van der Waals surface area contributed by atoms with Gasteiger partial charge in [0.15, 0.2) is 0 Å². The van der Waals surface area contributed by atoms with E-state index in [1.54, 1.807) is 0 Å². The average molecular weight is 264 g/mol. The van der Waals surface area contributed by atoms with Gasteiger partial charge >= 0.3 is 0 Å². The van der Waals surface area contributed by atoms with E-state index >= 15 is 0 Å². The summed E-state index contributed by atoms with van der Waals surface area (Å²) in [5.74, 6) is 0.318. The molecule has 0 aromatic heterocycles. The maximum Gasteiger partial charge on any atom is 0.0827 e. The number of aliphatic hydroxyl groups is 2. The Hall–Kier alpha value is -0.900. The molecule has 3 nitrogen and oxygen atoms in total. The van der Waals surface area contributed by atoms with Gasteiger partial charge < -0.3 is 14.9 Å². The van der Waals surface area contributed by atoms with Crippen LogP contribution >= 0.6 is 0 Å². The van der Waals surface area contributed by atoms with Crippen LogP contribution in [0.15, 0.2) is 30.3 Å². The quantitative estimate of drug-likeness (QED) is 0.829. The molecule has 0 unspecified atom stereocenters. The Morgan fingerprint density at radius 2 is 2.05 bits per heavy atom. The Labute approximate surface area is 115 Å². The molecule has 1 aromatic carbocycles. The number of aliphatic hydroxyl groups excluding tert-OH is 2. The molecule has 1 aliphatic rings. The van der Waals surface area contributed by atoms with E-state index in [1.807, 2.05) is 25.1 Å². The van der Waals surface area contributed by atoms with Gasteiger partial charge in [-0.05, 0) is 31.2 Å². The number of hydrogen-bond acceptors (Lipinski definition) is 3. The molecule has 0 saturated heterocycles. The molecule has 19 heavy (non-hydrogen) atoms. The number of rotatable bonds is 6. The molecule has 0 heterocycles. The van der Waals surface area contributed by atoms with Gasteiger partial charge in [-0.15, -0.1) is 0 Å². The Kier molecular flexibility index (Phi) is 4.61. The molecule has 0 bridgehead atoms. The first-order valence-corrected chi connectivity index (χ1v) is 7.02. The van der Waals surface area contributed by atoms with Crippen molar-refractivity contribution in [3.8, 4) is 0 Å². The van der Waals surface area contributed by atoms with Gasteiger partial charge in [-0.2, -0.15) is 0 Å². The molecular formula is C16H24O3. The third kappa shape index (κ3) is 2.99. The minimum atomic E-state index is -0.644. The molecule has 3 heteroatoms. The Bertz CT molecular complexity index is 392. The lowest BCUT2D eigenvalue weighted by Gasteiger charge is -2.52. The summed E-state index contributed by atoms with van der Waals surface area (Å²) in [6.07, 6.45) is 1.47. The molecule has 106 valence electrons. The zero-order valence-corrected chi connectivity index (χ0v) is 11.7. The summed E-state index contributed by atoms with van der Waals surface area (Å²) < 4.78 is 5.93. The summed E-state index contributed by atoms with van der Waals surface area (Å²) >= 11 is 0. The topological polar surface area (TPSA) is 49.7 Å². The Morgan fingerprint density at radius 1 is 1.37 bits per heavy atom. The molecule has 4 atom stereocenters. The van der Waals surface area contributed by atoms with Crippen LogP contribution in [0.2, 0.25) is 0 Å². The fourth-order valence-electron chi connectivity index (χ4n) is 3.08. The Balaban J connectivity index is 1.88. The fraction of sp³-hybridized carbons (Fsp3) is 0.625. The summed E-state index contributed by atoms with van der Waals surface area (Å²) in [5.41, 5.74) is 0.961. The van der Waals surface area contributed by atoms with Gasteiger partial charge in [-0.3, -0.25) is 0 Å². The molecule has 1 aromatic rings. The van der Waals surface area contributed by atoms with Crippen molar-refractivity contribution in [3.63, 3.8) is 0 Å². The number of ether oxygens (including phenoxy) is 1. The summed E-state index contributed by atoms with van der Waals surface area (Å²) in [5, 5.41) is 19.1. The zero-order valence-electron chi connectivity index (χ0n) is 11.7. The van der Waals surface area contributed by atoms with E-state index in [9.17, 15) is 5.11 Å². The zero-order chi connectivity index (χ0) is 13.9. The van der Waals surface area contributed by atoms with Crippen molar-refractivity contribution in [2.24, 2.45) is 11.3 Å². The lowest BCUT2D eigenvalue weighted by Crippen LogP contribution is -2.52. The van der Waals surface area contributed by atoms with E-state index in [1.165, 1.54) is 0 Å². The Morgan fingerprint density at radius 3 is 2.58 bits per heavy atom. The van der Waals surface area contributed by atoms with E-state index in [2.05, 4.69) is 19.1 Å². The maximum absolute atomic E-state index is 9.94. The highest BCUT2D eigenvalue weighted by molar-refractivity contribution is 5.13. The van der Waals surface area contributed by atoms with Crippen LogP contribution in [0.5, 0.6) is 0 Å². The van der Waals surface area contributed by atoms with Crippen LogP contribution < -0.4 is 0 Å². The van der Waals surface area contributed by atoms with Crippen molar-refractivity contribution in [3.05, 3.63) is 35.9 Å². The molecule has 2 N–H and O–H groups in total. The first-order valence-electron chi connectivity index (χ1n) is 7.02. The van der Waals surface area contributed by atoms with Crippen molar-refractivity contribution >= 4 is 0 Å². The highest BCUT2D eigenvalue weighted by Crippen LogP contribution is 2.51. The molecule has 0 aliphatic heterocycles. The lowest BCUT2D eigenvalue weighted by atomic mass is 9.56. The highest BCUT2D eigenvalue weighted by Gasteiger charge is 2.50. The molecule has 0 radical (unpaired) electrons. The summed E-state index contributed by atoms with van der Waals surface area (Å²) in [6.45, 7) is 4.54. The molecule has 1 aliphatic carbocycles. The normalized spacial score (nSPS) is 29.6. The second-order valence-corrected chi connectivity index (χ2v) is 5.85. The van der Waals surface area contributed by atoms with Gasteiger partial charge in [0.05, 0.1) is 25.4 Å². The highest BCUT2D eigenvalue weighted by atomic mass is 16.5. The van der Waals surface area contributed by atoms with Crippen molar-refractivity contribution < 1.29 is 14.9 Å². The van der Waals surface area contributed by atoms with Gasteiger partial charge in [0.25, 0.3) is 0 Å². The first kappa shape index (κ1) is 14.5. The van der Waals surface area contributed by atoms with Gasteiger partial charge in [0.1, 0.15) is 0 Å². The van der Waals surface area contributed by atoms with Gasteiger partial charge in [0, 0.05) is 5.41 Å². The van der Waals surface area contributed by atoms with Crippen LogP contribution in [-0.4, -0.2) is 29.0 Å². The monoisotopic (exact) mass is 264 g/mol. The SMILES string of the molecule is C[C@@H](OCc1ccccc1)[C@H]1CC[C@]1(C)[C@H](O)CO. The van der Waals surface area contributed by atoms with Crippen LogP contribution in [-0.2, 0) is 11.3 Å². The fourth-order valence-corrected chi connectivity index (χ4v) is 3.08. The molecule has 1 fully saturated rings. The van der Waals surface area contributed by atoms with Crippen molar-refractivity contribution in [1.82, 2.24) is 0 Å². The third-order valence-corrected chi connectivity index (χ3v) is 4.70. The number of hydrogen-bond donors (Lipinski definition) is 2. The maximum atomic E-state index is 9.94. The molecule has 0 spiro atoms. The number of benzene rings is 1. The molecular weight excluding hydrogens is 240 g/mol. The van der Waals surface area contributed by atoms with E-state index in [-0.39, 0.29) is 18.1 Å². The van der Waals surface area contributed by atoms with Gasteiger partial charge in [0.2, 0.25) is 0 Å². The molecule has 0 amide bonds. The predicted molar refractivity (Wildman–Crippen MR) is 74.6 cm³/mol. The molecule has 2 rings (SSSR count).